The second kappa shape index (κ2) is 6.81. The van der Waals surface area contributed by atoms with Gasteiger partial charge in [-0.2, -0.15) is 0 Å². The summed E-state index contributed by atoms with van der Waals surface area (Å²) in [7, 11) is 0. The fraction of sp³-hybridized carbons (Fsp3) is 0. The van der Waals surface area contributed by atoms with Crippen LogP contribution in [0.2, 0.25) is 0 Å². The van der Waals surface area contributed by atoms with E-state index in [4.69, 9.17) is 4.74 Å². The quantitative estimate of drug-likeness (QED) is 0.276. The van der Waals surface area contributed by atoms with E-state index in [2.05, 4.69) is 15.9 Å². The Labute approximate surface area is 129 Å². The zero-order valence-corrected chi connectivity index (χ0v) is 12.3. The molecule has 106 valence electrons. The predicted molar refractivity (Wildman–Crippen MR) is 81.9 cm³/mol. The van der Waals surface area contributed by atoms with Crippen molar-refractivity contribution in [1.29, 1.82) is 0 Å². The summed E-state index contributed by atoms with van der Waals surface area (Å²) in [5.74, 6) is -0.153. The van der Waals surface area contributed by atoms with Gasteiger partial charge in [0, 0.05) is 18.2 Å². The Hall–Kier alpha value is -2.47. The van der Waals surface area contributed by atoms with Crippen molar-refractivity contribution in [3.8, 4) is 5.75 Å². The maximum absolute atomic E-state index is 11.7. The number of carbonyl (C=O) groups excluding carboxylic acids is 1. The van der Waals surface area contributed by atoms with Gasteiger partial charge in [-0.05, 0) is 39.7 Å². The number of rotatable bonds is 4. The first-order valence-corrected chi connectivity index (χ1v) is 6.74. The molecule has 0 bridgehead atoms. The van der Waals surface area contributed by atoms with E-state index in [1.165, 1.54) is 24.3 Å². The molecule has 0 unspecified atom stereocenters. The summed E-state index contributed by atoms with van der Waals surface area (Å²) in [5, 5.41) is 10.7. The number of ether oxygens (including phenoxy) is 1. The van der Waals surface area contributed by atoms with E-state index >= 15 is 0 Å². The van der Waals surface area contributed by atoms with Crippen molar-refractivity contribution >= 4 is 33.7 Å². The summed E-state index contributed by atoms with van der Waals surface area (Å²) in [5.41, 5.74) is 0.518. The number of carbonyl (C=O) groups is 1. The highest BCUT2D eigenvalue weighted by molar-refractivity contribution is 9.10. The standard InChI is InChI=1S/C15H10BrNO4/c16-13-6-1-2-7-14(13)21-15(18)9-8-11-4-3-5-12(10-11)17(19)20/h1-10H/b9-8+. The first-order valence-electron chi connectivity index (χ1n) is 5.95. The van der Waals surface area contributed by atoms with Gasteiger partial charge >= 0.3 is 5.97 Å². The van der Waals surface area contributed by atoms with Gasteiger partial charge in [0.1, 0.15) is 5.75 Å². The summed E-state index contributed by atoms with van der Waals surface area (Å²) in [4.78, 5) is 21.9. The summed E-state index contributed by atoms with van der Waals surface area (Å²) < 4.78 is 5.81. The van der Waals surface area contributed by atoms with Gasteiger partial charge < -0.3 is 4.74 Å². The lowest BCUT2D eigenvalue weighted by atomic mass is 10.2. The largest absolute Gasteiger partial charge is 0.422 e. The molecule has 2 rings (SSSR count). The van der Waals surface area contributed by atoms with E-state index in [9.17, 15) is 14.9 Å². The molecule has 0 aromatic heterocycles. The molecule has 2 aromatic carbocycles. The number of benzene rings is 2. The molecule has 0 N–H and O–H groups in total. The lowest BCUT2D eigenvalue weighted by Crippen LogP contribution is -2.03. The van der Waals surface area contributed by atoms with Crippen molar-refractivity contribution in [1.82, 2.24) is 0 Å². The molecule has 6 heteroatoms. The van der Waals surface area contributed by atoms with E-state index in [0.29, 0.717) is 15.8 Å². The number of nitrogens with zero attached hydrogens (tertiary/aromatic N) is 1. The average molecular weight is 348 g/mol. The topological polar surface area (TPSA) is 69.4 Å². The zero-order valence-electron chi connectivity index (χ0n) is 10.7. The highest BCUT2D eigenvalue weighted by atomic mass is 79.9. The van der Waals surface area contributed by atoms with Crippen LogP contribution in [0.15, 0.2) is 59.1 Å². The van der Waals surface area contributed by atoms with Crippen LogP contribution in [-0.4, -0.2) is 10.9 Å². The van der Waals surface area contributed by atoms with Crippen LogP contribution in [0.5, 0.6) is 5.75 Å². The molecule has 0 aliphatic heterocycles. The van der Waals surface area contributed by atoms with Crippen LogP contribution >= 0.6 is 15.9 Å². The first kappa shape index (κ1) is 14.9. The van der Waals surface area contributed by atoms with E-state index in [1.807, 2.05) is 0 Å². The second-order valence-corrected chi connectivity index (χ2v) is 4.89. The van der Waals surface area contributed by atoms with Crippen LogP contribution in [-0.2, 0) is 4.79 Å². The third-order valence-electron chi connectivity index (χ3n) is 2.54. The van der Waals surface area contributed by atoms with Crippen LogP contribution in [0, 0.1) is 10.1 Å². The maximum atomic E-state index is 11.7. The molecule has 0 aliphatic rings. The van der Waals surface area contributed by atoms with Crippen molar-refractivity contribution < 1.29 is 14.5 Å². The Morgan fingerprint density at radius 1 is 1.19 bits per heavy atom. The molecule has 21 heavy (non-hydrogen) atoms. The van der Waals surface area contributed by atoms with Crippen molar-refractivity contribution in [2.75, 3.05) is 0 Å². The first-order chi connectivity index (χ1) is 10.1. The number of hydrogen-bond acceptors (Lipinski definition) is 4. The number of nitro benzene ring substituents is 1. The Morgan fingerprint density at radius 3 is 2.67 bits per heavy atom. The van der Waals surface area contributed by atoms with Gasteiger partial charge in [-0.1, -0.05) is 24.3 Å². The minimum Gasteiger partial charge on any atom is -0.422 e. The minimum atomic E-state index is -0.562. The molecule has 0 saturated heterocycles. The van der Waals surface area contributed by atoms with Crippen LogP contribution in [0.4, 0.5) is 5.69 Å². The Morgan fingerprint density at radius 2 is 1.95 bits per heavy atom. The van der Waals surface area contributed by atoms with Crippen molar-refractivity contribution in [2.24, 2.45) is 0 Å². The molecule has 0 atom stereocenters. The molecule has 0 spiro atoms. The summed E-state index contributed by atoms with van der Waals surface area (Å²) in [6.07, 6.45) is 2.69. The van der Waals surface area contributed by atoms with Gasteiger partial charge in [0.05, 0.1) is 9.40 Å². The molecule has 2 aromatic rings. The van der Waals surface area contributed by atoms with Crippen molar-refractivity contribution in [3.05, 3.63) is 74.8 Å². The number of non-ortho nitro benzene ring substituents is 1. The summed E-state index contributed by atoms with van der Waals surface area (Å²) >= 11 is 3.27. The molecule has 0 heterocycles. The third kappa shape index (κ3) is 4.25. The Bertz CT molecular complexity index is 712. The van der Waals surface area contributed by atoms with Gasteiger partial charge in [-0.25, -0.2) is 4.79 Å². The molecule has 0 radical (unpaired) electrons. The number of halogens is 1. The van der Waals surface area contributed by atoms with Crippen LogP contribution in [0.25, 0.3) is 6.08 Å². The highest BCUT2D eigenvalue weighted by Gasteiger charge is 2.06. The monoisotopic (exact) mass is 347 g/mol. The van der Waals surface area contributed by atoms with Crippen LogP contribution < -0.4 is 4.74 Å². The third-order valence-corrected chi connectivity index (χ3v) is 3.20. The zero-order chi connectivity index (χ0) is 15.2. The van der Waals surface area contributed by atoms with Crippen molar-refractivity contribution in [3.63, 3.8) is 0 Å². The van der Waals surface area contributed by atoms with Gasteiger partial charge in [0.2, 0.25) is 0 Å². The number of esters is 1. The van der Waals surface area contributed by atoms with Crippen molar-refractivity contribution in [2.45, 2.75) is 0 Å². The van der Waals surface area contributed by atoms with E-state index in [-0.39, 0.29) is 5.69 Å². The lowest BCUT2D eigenvalue weighted by Gasteiger charge is -2.02. The normalized spacial score (nSPS) is 10.5. The van der Waals surface area contributed by atoms with Gasteiger partial charge in [-0.3, -0.25) is 10.1 Å². The minimum absolute atomic E-state index is 0.0312. The van der Waals surface area contributed by atoms with Crippen LogP contribution in [0.3, 0.4) is 0 Å². The Kier molecular flexibility index (Phi) is 4.84. The molecule has 0 saturated carbocycles. The SMILES string of the molecule is O=C(/C=C/c1cccc([N+](=O)[O-])c1)Oc1ccccc1Br. The van der Waals surface area contributed by atoms with E-state index < -0.39 is 10.9 Å². The maximum Gasteiger partial charge on any atom is 0.336 e. The number of para-hydroxylation sites is 1. The fourth-order valence-electron chi connectivity index (χ4n) is 1.58. The van der Waals surface area contributed by atoms with Gasteiger partial charge in [-0.15, -0.1) is 0 Å². The molecule has 0 aliphatic carbocycles. The van der Waals surface area contributed by atoms with Crippen LogP contribution in [0.1, 0.15) is 5.56 Å². The molecule has 0 amide bonds. The Balaban J connectivity index is 2.07. The average Bonchev–Trinajstić information content (AvgIpc) is 2.48. The molecular formula is C15H10BrNO4. The fourth-order valence-corrected chi connectivity index (χ4v) is 1.94. The predicted octanol–water partition coefficient (Wildman–Crippen LogP) is 3.98. The molecule has 5 nitrogen and oxygen atoms in total. The smallest absolute Gasteiger partial charge is 0.336 e. The highest BCUT2D eigenvalue weighted by Crippen LogP contribution is 2.24. The van der Waals surface area contributed by atoms with Gasteiger partial charge in [0.15, 0.2) is 0 Å². The second-order valence-electron chi connectivity index (χ2n) is 4.04. The molecule has 0 fully saturated rings. The van der Waals surface area contributed by atoms with Gasteiger partial charge in [0.25, 0.3) is 5.69 Å². The van der Waals surface area contributed by atoms with E-state index in [0.717, 1.165) is 0 Å². The van der Waals surface area contributed by atoms with E-state index in [1.54, 1.807) is 36.4 Å². The number of nitro groups is 1. The molecular weight excluding hydrogens is 338 g/mol. The summed E-state index contributed by atoms with van der Waals surface area (Å²) in [6.45, 7) is 0. The lowest BCUT2D eigenvalue weighted by molar-refractivity contribution is -0.384. The summed E-state index contributed by atoms with van der Waals surface area (Å²) in [6, 6.07) is 12.9. The number of hydrogen-bond donors (Lipinski definition) is 0.